The lowest BCUT2D eigenvalue weighted by Crippen LogP contribution is -2.48. The Labute approximate surface area is 91.8 Å². The van der Waals surface area contributed by atoms with Crippen LogP contribution in [0.15, 0.2) is 0 Å². The molecule has 0 saturated carbocycles. The van der Waals surface area contributed by atoms with Crippen LogP contribution in [0.4, 0.5) is 5.00 Å². The van der Waals surface area contributed by atoms with Gasteiger partial charge in [0.2, 0.25) is 0 Å². The summed E-state index contributed by atoms with van der Waals surface area (Å²) in [4.78, 5) is 11.8. The van der Waals surface area contributed by atoms with E-state index in [0.717, 1.165) is 12.1 Å². The van der Waals surface area contributed by atoms with Gasteiger partial charge in [-0.1, -0.05) is 6.92 Å². The van der Waals surface area contributed by atoms with Gasteiger partial charge in [-0.3, -0.25) is 4.79 Å². The summed E-state index contributed by atoms with van der Waals surface area (Å²) < 4.78 is 9.11. The topological polar surface area (TPSA) is 77.2 Å². The second-order valence-electron chi connectivity index (χ2n) is 3.43. The summed E-state index contributed by atoms with van der Waals surface area (Å²) in [5, 5.41) is 3.35. The lowest BCUT2D eigenvalue weighted by Gasteiger charge is -2.26. The van der Waals surface area contributed by atoms with Crippen LogP contribution in [0.1, 0.15) is 23.0 Å². The van der Waals surface area contributed by atoms with Crippen LogP contribution in [0.5, 0.6) is 0 Å². The maximum absolute atomic E-state index is 11.8. The van der Waals surface area contributed by atoms with Crippen molar-refractivity contribution < 1.29 is 9.53 Å². The molecule has 0 aliphatic carbocycles. The summed E-state index contributed by atoms with van der Waals surface area (Å²) in [6.45, 7) is 3.13. The highest BCUT2D eigenvalue weighted by molar-refractivity contribution is 7.10. The molecule has 0 bridgehead atoms. The van der Waals surface area contributed by atoms with Crippen LogP contribution in [-0.4, -0.2) is 29.5 Å². The maximum atomic E-state index is 11.8. The molecule has 6 heteroatoms. The Balaban J connectivity index is 2.12. The Morgan fingerprint density at radius 1 is 1.73 bits per heavy atom. The van der Waals surface area contributed by atoms with Crippen molar-refractivity contribution in [1.82, 2.24) is 9.69 Å². The van der Waals surface area contributed by atoms with Crippen molar-refractivity contribution in [2.45, 2.75) is 19.4 Å². The highest BCUT2D eigenvalue weighted by Gasteiger charge is 2.24. The minimum Gasteiger partial charge on any atom is -0.389 e. The van der Waals surface area contributed by atoms with E-state index in [2.05, 4.69) is 9.69 Å². The third-order valence-corrected chi connectivity index (χ3v) is 3.04. The summed E-state index contributed by atoms with van der Waals surface area (Å²) in [7, 11) is 0. The van der Waals surface area contributed by atoms with Crippen molar-refractivity contribution in [2.24, 2.45) is 0 Å². The fourth-order valence-corrected chi connectivity index (χ4v) is 2.13. The molecule has 1 aromatic heterocycles. The van der Waals surface area contributed by atoms with E-state index in [0.29, 0.717) is 23.8 Å². The molecule has 2 rings (SSSR count). The minimum atomic E-state index is -0.133. The molecule has 0 spiro atoms. The Bertz CT molecular complexity index is 373. The van der Waals surface area contributed by atoms with E-state index in [1.165, 1.54) is 11.5 Å². The molecule has 2 heterocycles. The number of anilines is 1. The Hall–Kier alpha value is -1.14. The van der Waals surface area contributed by atoms with Crippen LogP contribution in [0.25, 0.3) is 0 Å². The van der Waals surface area contributed by atoms with Gasteiger partial charge < -0.3 is 15.8 Å². The monoisotopic (exact) mass is 227 g/mol. The molecule has 0 aromatic carbocycles. The predicted molar refractivity (Wildman–Crippen MR) is 58.0 cm³/mol. The van der Waals surface area contributed by atoms with Gasteiger partial charge in [0.05, 0.1) is 30.5 Å². The average Bonchev–Trinajstić information content (AvgIpc) is 2.53. The summed E-state index contributed by atoms with van der Waals surface area (Å²) in [5.74, 6) is -0.133. The van der Waals surface area contributed by atoms with Crippen molar-refractivity contribution in [3.63, 3.8) is 0 Å². The molecule has 1 saturated heterocycles. The zero-order chi connectivity index (χ0) is 10.8. The maximum Gasteiger partial charge on any atom is 0.256 e. The molecule has 0 atom stereocenters. The number of amides is 1. The standard InChI is InChI=1S/C9H13N3O2S/c1-2-6-7(8(10)15-12-6)9(13)11-5-3-14-4-5/h5H,2-4,10H2,1H3,(H,11,13). The zero-order valence-corrected chi connectivity index (χ0v) is 9.26. The number of aryl methyl sites for hydroxylation is 1. The quantitative estimate of drug-likeness (QED) is 0.784. The number of carbonyl (C=O) groups excluding carboxylic acids is 1. The SMILES string of the molecule is CCc1nsc(N)c1C(=O)NC1COC1. The van der Waals surface area contributed by atoms with Crippen LogP contribution in [-0.2, 0) is 11.2 Å². The van der Waals surface area contributed by atoms with E-state index in [4.69, 9.17) is 10.5 Å². The normalized spacial score (nSPS) is 16.1. The van der Waals surface area contributed by atoms with Crippen molar-refractivity contribution in [2.75, 3.05) is 18.9 Å². The smallest absolute Gasteiger partial charge is 0.256 e. The van der Waals surface area contributed by atoms with Crippen LogP contribution < -0.4 is 11.1 Å². The van der Waals surface area contributed by atoms with Crippen LogP contribution in [0.2, 0.25) is 0 Å². The second-order valence-corrected chi connectivity index (χ2v) is 4.23. The molecule has 1 aromatic rings. The van der Waals surface area contributed by atoms with E-state index in [-0.39, 0.29) is 11.9 Å². The minimum absolute atomic E-state index is 0.126. The van der Waals surface area contributed by atoms with Crippen LogP contribution in [0, 0.1) is 0 Å². The number of nitrogens with zero attached hydrogens (tertiary/aromatic N) is 1. The van der Waals surface area contributed by atoms with Gasteiger partial charge in [-0.25, -0.2) is 0 Å². The van der Waals surface area contributed by atoms with Crippen molar-refractivity contribution in [1.29, 1.82) is 0 Å². The summed E-state index contributed by atoms with van der Waals surface area (Å²) >= 11 is 1.17. The molecular weight excluding hydrogens is 214 g/mol. The fraction of sp³-hybridized carbons (Fsp3) is 0.556. The Morgan fingerprint density at radius 3 is 3.00 bits per heavy atom. The number of carbonyl (C=O) groups is 1. The number of nitrogen functional groups attached to an aromatic ring is 1. The first kappa shape index (κ1) is 10.4. The van der Waals surface area contributed by atoms with Gasteiger partial charge in [0, 0.05) is 0 Å². The molecule has 15 heavy (non-hydrogen) atoms. The molecular formula is C9H13N3O2S. The number of hydrogen-bond acceptors (Lipinski definition) is 5. The largest absolute Gasteiger partial charge is 0.389 e. The lowest BCUT2D eigenvalue weighted by molar-refractivity contribution is -0.00346. The van der Waals surface area contributed by atoms with E-state index in [1.807, 2.05) is 6.92 Å². The highest BCUT2D eigenvalue weighted by atomic mass is 32.1. The van der Waals surface area contributed by atoms with Crippen molar-refractivity contribution in [3.8, 4) is 0 Å². The Morgan fingerprint density at radius 2 is 2.47 bits per heavy atom. The van der Waals surface area contributed by atoms with Gasteiger partial charge in [0.1, 0.15) is 5.00 Å². The first-order valence-corrected chi connectivity index (χ1v) is 5.62. The van der Waals surface area contributed by atoms with Crippen molar-refractivity contribution >= 4 is 22.4 Å². The van der Waals surface area contributed by atoms with E-state index < -0.39 is 0 Å². The molecule has 3 N–H and O–H groups in total. The third-order valence-electron chi connectivity index (χ3n) is 2.32. The number of hydrogen-bond donors (Lipinski definition) is 2. The molecule has 0 radical (unpaired) electrons. The predicted octanol–water partition coefficient (Wildman–Crippen LogP) is 0.416. The zero-order valence-electron chi connectivity index (χ0n) is 8.45. The highest BCUT2D eigenvalue weighted by Crippen LogP contribution is 2.22. The van der Waals surface area contributed by atoms with Gasteiger partial charge in [0.15, 0.2) is 0 Å². The third kappa shape index (κ3) is 1.95. The molecule has 0 unspecified atom stereocenters. The number of aromatic nitrogens is 1. The number of nitrogens with one attached hydrogen (secondary N) is 1. The number of nitrogens with two attached hydrogens (primary N) is 1. The van der Waals surface area contributed by atoms with Gasteiger partial charge in [-0.15, -0.1) is 0 Å². The van der Waals surface area contributed by atoms with Crippen LogP contribution in [0.3, 0.4) is 0 Å². The molecule has 82 valence electrons. The van der Waals surface area contributed by atoms with Crippen LogP contribution >= 0.6 is 11.5 Å². The summed E-state index contributed by atoms with van der Waals surface area (Å²) in [6.07, 6.45) is 0.720. The van der Waals surface area contributed by atoms with E-state index >= 15 is 0 Å². The lowest BCUT2D eigenvalue weighted by atomic mass is 10.1. The van der Waals surface area contributed by atoms with Gasteiger partial charge in [-0.2, -0.15) is 4.37 Å². The van der Waals surface area contributed by atoms with Gasteiger partial charge in [0.25, 0.3) is 5.91 Å². The first-order valence-electron chi connectivity index (χ1n) is 4.85. The van der Waals surface area contributed by atoms with E-state index in [9.17, 15) is 4.79 Å². The fourth-order valence-electron chi connectivity index (χ4n) is 1.40. The molecule has 1 aliphatic heterocycles. The van der Waals surface area contributed by atoms with Gasteiger partial charge >= 0.3 is 0 Å². The molecule has 1 aliphatic rings. The Kier molecular flexibility index (Phi) is 2.88. The summed E-state index contributed by atoms with van der Waals surface area (Å²) in [6, 6.07) is 0.126. The number of ether oxygens (including phenoxy) is 1. The molecule has 5 nitrogen and oxygen atoms in total. The molecule has 1 amide bonds. The average molecular weight is 227 g/mol. The molecule has 1 fully saturated rings. The van der Waals surface area contributed by atoms with E-state index in [1.54, 1.807) is 0 Å². The first-order chi connectivity index (χ1) is 7.22. The van der Waals surface area contributed by atoms with Gasteiger partial charge in [-0.05, 0) is 18.0 Å². The number of rotatable bonds is 3. The summed E-state index contributed by atoms with van der Waals surface area (Å²) in [5.41, 5.74) is 7.03. The second kappa shape index (κ2) is 4.16. The van der Waals surface area contributed by atoms with Crippen molar-refractivity contribution in [3.05, 3.63) is 11.3 Å².